The first kappa shape index (κ1) is 18.0. The Balaban J connectivity index is 1.95. The van der Waals surface area contributed by atoms with Crippen LogP contribution in [-0.2, 0) is 0 Å². The molecule has 0 saturated heterocycles. The Morgan fingerprint density at radius 2 is 2.00 bits per heavy atom. The van der Waals surface area contributed by atoms with E-state index in [0.29, 0.717) is 6.04 Å². The molecule has 3 rings (SSSR count). The fraction of sp³-hybridized carbons (Fsp3) is 0.667. The van der Waals surface area contributed by atoms with Gasteiger partial charge in [-0.25, -0.2) is 4.98 Å². The molecule has 1 aliphatic carbocycles. The van der Waals surface area contributed by atoms with Crippen molar-refractivity contribution in [2.24, 2.45) is 0 Å². The number of aromatic nitrogens is 2. The first-order valence-electron chi connectivity index (χ1n) is 8.89. The fourth-order valence-electron chi connectivity index (χ4n) is 3.43. The zero-order valence-electron chi connectivity index (χ0n) is 14.5. The monoisotopic (exact) mass is 366 g/mol. The number of unbranched alkanes of at least 4 members (excludes halogenated alkanes) is 2. The van der Waals surface area contributed by atoms with Gasteiger partial charge in [-0.3, -0.25) is 9.36 Å². The molecule has 1 aliphatic rings. The molecule has 24 heavy (non-hydrogen) atoms. The third kappa shape index (κ3) is 3.55. The second-order valence-corrected chi connectivity index (χ2v) is 8.87. The lowest BCUT2D eigenvalue weighted by Crippen LogP contribution is -2.26. The van der Waals surface area contributed by atoms with Gasteiger partial charge < -0.3 is 5.11 Å². The third-order valence-electron chi connectivity index (χ3n) is 4.93. The van der Waals surface area contributed by atoms with E-state index in [0.717, 1.165) is 58.8 Å². The molecule has 0 aliphatic heterocycles. The summed E-state index contributed by atoms with van der Waals surface area (Å²) in [6.45, 7) is 4.37. The fourth-order valence-corrected chi connectivity index (χ4v) is 5.56. The summed E-state index contributed by atoms with van der Waals surface area (Å²) in [5, 5.41) is 10.6. The summed E-state index contributed by atoms with van der Waals surface area (Å²) >= 11 is 3.34. The number of nitrogens with zero attached hydrogens (tertiary/aromatic N) is 2. The Labute approximate surface area is 151 Å². The molecule has 4 nitrogen and oxygen atoms in total. The normalized spacial score (nSPS) is 15.6. The Kier molecular flexibility index (Phi) is 6.00. The highest BCUT2D eigenvalue weighted by Gasteiger charge is 2.24. The van der Waals surface area contributed by atoms with Crippen molar-refractivity contribution in [3.05, 3.63) is 20.8 Å². The average molecular weight is 367 g/mol. The van der Waals surface area contributed by atoms with Gasteiger partial charge in [0.2, 0.25) is 0 Å². The summed E-state index contributed by atoms with van der Waals surface area (Å²) in [7, 11) is 0. The Hall–Kier alpha value is -0.850. The minimum Gasteiger partial charge on any atom is -0.396 e. The van der Waals surface area contributed by atoms with Gasteiger partial charge in [-0.1, -0.05) is 31.0 Å². The van der Waals surface area contributed by atoms with E-state index in [1.807, 2.05) is 11.5 Å². The lowest BCUT2D eigenvalue weighted by Gasteiger charge is -2.18. The van der Waals surface area contributed by atoms with E-state index in [1.54, 1.807) is 23.1 Å². The lowest BCUT2D eigenvalue weighted by molar-refractivity contribution is 0.284. The molecule has 2 heterocycles. The molecule has 0 aromatic carbocycles. The molecular formula is C18H26N2O2S2. The molecule has 0 spiro atoms. The average Bonchev–Trinajstić information content (AvgIpc) is 3.16. The van der Waals surface area contributed by atoms with Crippen molar-refractivity contribution in [3.8, 4) is 0 Å². The van der Waals surface area contributed by atoms with Crippen molar-refractivity contribution in [3.63, 3.8) is 0 Å². The summed E-state index contributed by atoms with van der Waals surface area (Å²) < 4.78 is 1.99. The zero-order valence-corrected chi connectivity index (χ0v) is 16.1. The molecule has 0 radical (unpaired) electrons. The molecule has 2 aromatic rings. The largest absolute Gasteiger partial charge is 0.396 e. The van der Waals surface area contributed by atoms with Gasteiger partial charge in [0.25, 0.3) is 5.56 Å². The van der Waals surface area contributed by atoms with Crippen LogP contribution in [0.25, 0.3) is 10.2 Å². The number of fused-ring (bicyclic) bond motifs is 1. The Morgan fingerprint density at radius 1 is 1.25 bits per heavy atom. The minimum atomic E-state index is 0.159. The molecule has 0 atom stereocenters. The number of aliphatic hydroxyl groups excluding tert-OH is 1. The Bertz CT molecular complexity index is 760. The lowest BCUT2D eigenvalue weighted by atomic mass is 10.2. The van der Waals surface area contributed by atoms with Crippen molar-refractivity contribution >= 4 is 33.3 Å². The topological polar surface area (TPSA) is 55.1 Å². The second-order valence-electron chi connectivity index (χ2n) is 6.60. The number of thioether (sulfide) groups is 1. The molecule has 6 heteroatoms. The molecule has 0 unspecified atom stereocenters. The highest BCUT2D eigenvalue weighted by molar-refractivity contribution is 7.99. The van der Waals surface area contributed by atoms with E-state index in [1.165, 1.54) is 17.7 Å². The van der Waals surface area contributed by atoms with Gasteiger partial charge in [0.15, 0.2) is 5.16 Å². The number of aryl methyl sites for hydroxylation is 2. The molecule has 132 valence electrons. The maximum Gasteiger partial charge on any atom is 0.263 e. The van der Waals surface area contributed by atoms with Gasteiger partial charge in [-0.15, -0.1) is 11.3 Å². The van der Waals surface area contributed by atoms with Crippen LogP contribution < -0.4 is 5.56 Å². The smallest absolute Gasteiger partial charge is 0.263 e. The van der Waals surface area contributed by atoms with Crippen LogP contribution in [0.15, 0.2) is 9.95 Å². The number of thiophene rings is 1. The first-order chi connectivity index (χ1) is 11.6. The van der Waals surface area contributed by atoms with E-state index < -0.39 is 0 Å². The van der Waals surface area contributed by atoms with Crippen molar-refractivity contribution in [2.75, 3.05) is 12.4 Å². The Morgan fingerprint density at radius 3 is 2.71 bits per heavy atom. The molecule has 1 fully saturated rings. The van der Waals surface area contributed by atoms with Crippen LogP contribution in [0.1, 0.15) is 61.4 Å². The predicted octanol–water partition coefficient (Wildman–Crippen LogP) is 4.44. The standard InChI is InChI=1S/C18H26N2O2S2/c1-12-13(2)24-16-15(12)17(22)20(14-8-4-5-9-14)18(19-16)23-11-7-3-6-10-21/h14,21H,3-11H2,1-2H3. The van der Waals surface area contributed by atoms with Gasteiger partial charge in [-0.2, -0.15) is 0 Å². The number of rotatable bonds is 7. The van der Waals surface area contributed by atoms with Gasteiger partial charge in [0, 0.05) is 23.3 Å². The van der Waals surface area contributed by atoms with Crippen molar-refractivity contribution in [1.29, 1.82) is 0 Å². The summed E-state index contributed by atoms with van der Waals surface area (Å²) in [6, 6.07) is 0.314. The summed E-state index contributed by atoms with van der Waals surface area (Å²) in [4.78, 5) is 20.1. The van der Waals surface area contributed by atoms with E-state index in [4.69, 9.17) is 10.1 Å². The van der Waals surface area contributed by atoms with Crippen LogP contribution in [0.2, 0.25) is 0 Å². The molecule has 0 amide bonds. The zero-order chi connectivity index (χ0) is 17.1. The van der Waals surface area contributed by atoms with Crippen molar-refractivity contribution < 1.29 is 5.11 Å². The summed E-state index contributed by atoms with van der Waals surface area (Å²) in [5.74, 6) is 0.952. The van der Waals surface area contributed by atoms with Gasteiger partial charge in [0.1, 0.15) is 4.83 Å². The van der Waals surface area contributed by atoms with Crippen LogP contribution in [0.3, 0.4) is 0 Å². The van der Waals surface area contributed by atoms with Crippen molar-refractivity contribution in [1.82, 2.24) is 9.55 Å². The van der Waals surface area contributed by atoms with E-state index in [-0.39, 0.29) is 12.2 Å². The molecular weight excluding hydrogens is 340 g/mol. The SMILES string of the molecule is Cc1sc2nc(SCCCCCO)n(C3CCCC3)c(=O)c2c1C. The summed E-state index contributed by atoms with van der Waals surface area (Å²) in [5.41, 5.74) is 1.25. The molecule has 1 N–H and O–H groups in total. The number of hydrogen-bond acceptors (Lipinski definition) is 5. The van der Waals surface area contributed by atoms with Crippen molar-refractivity contribution in [2.45, 2.75) is 70.0 Å². The predicted molar refractivity (Wildman–Crippen MR) is 103 cm³/mol. The van der Waals surface area contributed by atoms with E-state index >= 15 is 0 Å². The van der Waals surface area contributed by atoms with Crippen LogP contribution in [0.5, 0.6) is 0 Å². The molecule has 1 saturated carbocycles. The van der Waals surface area contributed by atoms with E-state index in [2.05, 4.69) is 6.92 Å². The van der Waals surface area contributed by atoms with Crippen LogP contribution >= 0.6 is 23.1 Å². The highest BCUT2D eigenvalue weighted by atomic mass is 32.2. The number of aliphatic hydroxyl groups is 1. The van der Waals surface area contributed by atoms with Crippen LogP contribution in [0, 0.1) is 13.8 Å². The number of hydrogen-bond donors (Lipinski definition) is 1. The maximum atomic E-state index is 13.2. The molecule has 0 bridgehead atoms. The quantitative estimate of drug-likeness (QED) is 0.447. The van der Waals surface area contributed by atoms with E-state index in [9.17, 15) is 4.79 Å². The first-order valence-corrected chi connectivity index (χ1v) is 10.7. The van der Waals surface area contributed by atoms with Gasteiger partial charge in [-0.05, 0) is 45.1 Å². The summed E-state index contributed by atoms with van der Waals surface area (Å²) in [6.07, 6.45) is 7.52. The highest BCUT2D eigenvalue weighted by Crippen LogP contribution is 2.34. The second kappa shape index (κ2) is 8.02. The maximum absolute atomic E-state index is 13.2. The molecule has 2 aromatic heterocycles. The van der Waals surface area contributed by atoms with Gasteiger partial charge >= 0.3 is 0 Å². The van der Waals surface area contributed by atoms with Crippen LogP contribution in [-0.4, -0.2) is 27.0 Å². The minimum absolute atomic E-state index is 0.159. The van der Waals surface area contributed by atoms with Gasteiger partial charge in [0.05, 0.1) is 5.39 Å². The van der Waals surface area contributed by atoms with Crippen LogP contribution in [0.4, 0.5) is 0 Å². The third-order valence-corrected chi connectivity index (χ3v) is 7.07.